The second-order valence-electron chi connectivity index (χ2n) is 16.4. The average molecular weight is 793 g/mol. The van der Waals surface area contributed by atoms with Crippen LogP contribution >= 0.6 is 0 Å². The van der Waals surface area contributed by atoms with Crippen molar-refractivity contribution in [1.29, 1.82) is 0 Å². The normalized spacial score (nSPS) is 19.1. The van der Waals surface area contributed by atoms with E-state index in [-0.39, 0.29) is 35.7 Å². The first kappa shape index (κ1) is 39.0. The van der Waals surface area contributed by atoms with E-state index in [4.69, 9.17) is 24.2 Å². The predicted octanol–water partition coefficient (Wildman–Crippen LogP) is 6.21. The second kappa shape index (κ2) is 15.8. The molecular weight excluding hydrogens is 741 g/mol. The zero-order chi connectivity index (χ0) is 40.8. The SMILES string of the molecule is COC(=O)NC(C(=O)N1CCCC1c1ncc(-c2ccc3c(c2)COc2cc4c(cc2-3)CCc2[nH]c([C@@H]3CCCN3C(=O)[C@@H](NC(=O)OC)C(C)C)nc2-4)[nH]1)C(C)C. The molecule has 1 aliphatic carbocycles. The lowest BCUT2D eigenvalue weighted by molar-refractivity contribution is -0.136. The number of carbonyl (C=O) groups excluding carboxylic acids is 4. The minimum atomic E-state index is -0.697. The van der Waals surface area contributed by atoms with Crippen molar-refractivity contribution in [2.45, 2.75) is 97.0 Å². The van der Waals surface area contributed by atoms with Gasteiger partial charge in [0.2, 0.25) is 11.8 Å². The minimum Gasteiger partial charge on any atom is -0.488 e. The first-order valence-electron chi connectivity index (χ1n) is 20.3. The van der Waals surface area contributed by atoms with E-state index < -0.39 is 24.3 Å². The number of likely N-dealkylation sites (tertiary alicyclic amines) is 2. The van der Waals surface area contributed by atoms with Gasteiger partial charge in [-0.05, 0) is 90.8 Å². The average Bonchev–Trinajstić information content (AvgIpc) is 4.06. The maximum atomic E-state index is 13.8. The number of alkyl carbamates (subject to hydrolysis) is 2. The van der Waals surface area contributed by atoms with Crippen LogP contribution in [0.15, 0.2) is 36.5 Å². The van der Waals surface area contributed by atoms with E-state index in [0.29, 0.717) is 19.7 Å². The van der Waals surface area contributed by atoms with Crippen LogP contribution in [0.5, 0.6) is 5.75 Å². The molecule has 58 heavy (non-hydrogen) atoms. The molecule has 0 radical (unpaired) electrons. The van der Waals surface area contributed by atoms with Gasteiger partial charge in [0.15, 0.2) is 0 Å². The van der Waals surface area contributed by atoms with Crippen molar-refractivity contribution in [3.63, 3.8) is 0 Å². The van der Waals surface area contributed by atoms with Crippen molar-refractivity contribution in [2.24, 2.45) is 11.8 Å². The number of hydrogen-bond acceptors (Lipinski definition) is 9. The molecule has 2 unspecified atom stereocenters. The fourth-order valence-electron chi connectivity index (χ4n) is 8.97. The van der Waals surface area contributed by atoms with Crippen LogP contribution in [-0.2, 0) is 38.5 Å². The van der Waals surface area contributed by atoms with Crippen LogP contribution in [0.3, 0.4) is 0 Å². The van der Waals surface area contributed by atoms with Crippen molar-refractivity contribution in [1.82, 2.24) is 40.4 Å². The number of rotatable bonds is 9. The zero-order valence-corrected chi connectivity index (χ0v) is 33.9. The number of nitrogens with one attached hydrogen (secondary N) is 4. The number of nitrogens with zero attached hydrogens (tertiary/aromatic N) is 4. The molecule has 0 saturated carbocycles. The van der Waals surface area contributed by atoms with Gasteiger partial charge in [-0.15, -0.1) is 0 Å². The quantitative estimate of drug-likeness (QED) is 0.153. The fourth-order valence-corrected chi connectivity index (χ4v) is 8.97. The van der Waals surface area contributed by atoms with Gasteiger partial charge < -0.3 is 44.6 Å². The van der Waals surface area contributed by atoms with Crippen molar-refractivity contribution < 1.29 is 33.4 Å². The van der Waals surface area contributed by atoms with Crippen LogP contribution < -0.4 is 15.4 Å². The van der Waals surface area contributed by atoms with Gasteiger partial charge in [0.1, 0.15) is 36.1 Å². The number of amides is 4. The van der Waals surface area contributed by atoms with Crippen molar-refractivity contribution in [3.05, 3.63) is 65.0 Å². The lowest BCUT2D eigenvalue weighted by atomic mass is 9.86. The van der Waals surface area contributed by atoms with Gasteiger partial charge in [0.25, 0.3) is 0 Å². The number of benzene rings is 2. The third kappa shape index (κ3) is 7.15. The fraction of sp³-hybridized carbons (Fsp3) is 0.488. The summed E-state index contributed by atoms with van der Waals surface area (Å²) in [6.07, 6.45) is 5.45. The monoisotopic (exact) mass is 792 g/mol. The molecule has 4 N–H and O–H groups in total. The predicted molar refractivity (Wildman–Crippen MR) is 214 cm³/mol. The molecule has 3 aliphatic heterocycles. The van der Waals surface area contributed by atoms with Gasteiger partial charge in [-0.2, -0.15) is 0 Å². The molecular formula is C43H52N8O7. The lowest BCUT2D eigenvalue weighted by Gasteiger charge is -2.30. The number of imidazole rings is 2. The summed E-state index contributed by atoms with van der Waals surface area (Å²) in [5.41, 5.74) is 9.24. The highest BCUT2D eigenvalue weighted by molar-refractivity contribution is 5.88. The van der Waals surface area contributed by atoms with Gasteiger partial charge >= 0.3 is 12.2 Å². The molecule has 0 bridgehead atoms. The van der Waals surface area contributed by atoms with E-state index in [0.717, 1.165) is 101 Å². The number of carbonyl (C=O) groups is 4. The van der Waals surface area contributed by atoms with Gasteiger partial charge in [0.05, 0.1) is 43.9 Å². The Hall–Kier alpha value is -5.86. The minimum absolute atomic E-state index is 0.111. The number of aromatic amines is 2. The van der Waals surface area contributed by atoms with Crippen LogP contribution in [0.4, 0.5) is 9.59 Å². The Morgan fingerprint density at radius 1 is 0.776 bits per heavy atom. The molecule has 4 atom stereocenters. The van der Waals surface area contributed by atoms with E-state index in [9.17, 15) is 19.2 Å². The molecule has 2 fully saturated rings. The summed E-state index contributed by atoms with van der Waals surface area (Å²) in [6.45, 7) is 9.22. The Bertz CT molecular complexity index is 2240. The summed E-state index contributed by atoms with van der Waals surface area (Å²) in [4.78, 5) is 72.1. The number of H-pyrrole nitrogens is 2. The van der Waals surface area contributed by atoms with E-state index in [1.807, 2.05) is 43.7 Å². The van der Waals surface area contributed by atoms with Crippen molar-refractivity contribution in [2.75, 3.05) is 27.3 Å². The summed E-state index contributed by atoms with van der Waals surface area (Å²) in [7, 11) is 2.59. The molecule has 15 heteroatoms. The third-order valence-corrected chi connectivity index (χ3v) is 12.1. The van der Waals surface area contributed by atoms with E-state index in [1.54, 1.807) is 0 Å². The summed E-state index contributed by atoms with van der Waals surface area (Å²) in [5, 5.41) is 5.43. The maximum Gasteiger partial charge on any atom is 0.407 e. The smallest absolute Gasteiger partial charge is 0.407 e. The molecule has 15 nitrogen and oxygen atoms in total. The molecule has 2 saturated heterocycles. The Kier molecular flexibility index (Phi) is 10.6. The van der Waals surface area contributed by atoms with Crippen LogP contribution in [0.2, 0.25) is 0 Å². The second-order valence-corrected chi connectivity index (χ2v) is 16.4. The third-order valence-electron chi connectivity index (χ3n) is 12.1. The number of fused-ring (bicyclic) bond motifs is 6. The molecule has 4 amide bonds. The summed E-state index contributed by atoms with van der Waals surface area (Å²) < 4.78 is 16.0. The number of aryl methyl sites for hydroxylation is 2. The Balaban J connectivity index is 1.01. The molecule has 5 heterocycles. The highest BCUT2D eigenvalue weighted by atomic mass is 16.5. The summed E-state index contributed by atoms with van der Waals surface area (Å²) in [5.74, 6) is 1.79. The zero-order valence-electron chi connectivity index (χ0n) is 33.9. The first-order chi connectivity index (χ1) is 27.9. The molecule has 4 aromatic rings. The Morgan fingerprint density at radius 2 is 1.41 bits per heavy atom. The van der Waals surface area contributed by atoms with Crippen LogP contribution in [0, 0.1) is 11.8 Å². The molecule has 8 rings (SSSR count). The molecule has 2 aromatic carbocycles. The number of hydrogen-bond donors (Lipinski definition) is 4. The van der Waals surface area contributed by atoms with E-state index >= 15 is 0 Å². The van der Waals surface area contributed by atoms with Gasteiger partial charge in [-0.1, -0.05) is 39.8 Å². The van der Waals surface area contributed by atoms with Gasteiger partial charge in [-0.25, -0.2) is 19.6 Å². The highest BCUT2D eigenvalue weighted by Gasteiger charge is 2.40. The van der Waals surface area contributed by atoms with Crippen molar-refractivity contribution in [3.8, 4) is 39.4 Å². The highest BCUT2D eigenvalue weighted by Crippen LogP contribution is 2.45. The summed E-state index contributed by atoms with van der Waals surface area (Å²) >= 11 is 0. The van der Waals surface area contributed by atoms with Crippen LogP contribution in [0.1, 0.15) is 93.9 Å². The van der Waals surface area contributed by atoms with E-state index in [1.165, 1.54) is 19.8 Å². The van der Waals surface area contributed by atoms with Crippen molar-refractivity contribution >= 4 is 24.0 Å². The Morgan fingerprint density at radius 3 is 2.03 bits per heavy atom. The maximum absolute atomic E-state index is 13.8. The van der Waals surface area contributed by atoms with Gasteiger partial charge in [0, 0.05) is 29.9 Å². The molecule has 306 valence electrons. The van der Waals surface area contributed by atoms with Crippen LogP contribution in [0.25, 0.3) is 33.6 Å². The number of methoxy groups -OCH3 is 2. The first-order valence-corrected chi connectivity index (χ1v) is 20.3. The topological polar surface area (TPSA) is 184 Å². The molecule has 2 aromatic heterocycles. The molecule has 4 aliphatic rings. The van der Waals surface area contributed by atoms with E-state index in [2.05, 4.69) is 50.9 Å². The Labute approximate surface area is 337 Å². The van der Waals surface area contributed by atoms with Gasteiger partial charge in [-0.3, -0.25) is 9.59 Å². The number of ether oxygens (including phenoxy) is 3. The largest absolute Gasteiger partial charge is 0.488 e. The number of aromatic nitrogens is 4. The van der Waals surface area contributed by atoms with Crippen LogP contribution in [-0.4, -0.2) is 93.1 Å². The lowest BCUT2D eigenvalue weighted by Crippen LogP contribution is -2.51. The molecule has 0 spiro atoms. The standard InChI is InChI=1S/C43H52N8O7/c1-22(2)35(48-42(54)56-5)40(52)50-15-7-9-32(50)38-44-20-31(46-38)25-11-13-27-26(17-25)21-58-34-19-28-24(18-29(27)34)12-14-30-37(28)47-39(45-30)33-10-8-16-51(33)41(53)36(23(3)4)49-43(55)57-6/h11,13,17-20,22-23,32-33,35-36H,7-10,12,14-16,21H2,1-6H3,(H,44,46)(H,45,47)(H,48,54)(H,49,55)/t32?,33-,35?,36-/m0/s1. The summed E-state index contributed by atoms with van der Waals surface area (Å²) in [6, 6.07) is 8.88.